The lowest BCUT2D eigenvalue weighted by Gasteiger charge is -2.22. The highest BCUT2D eigenvalue weighted by molar-refractivity contribution is 6.09. The van der Waals surface area contributed by atoms with Crippen LogP contribution in [-0.4, -0.2) is 57.2 Å². The smallest absolute Gasteiger partial charge is 0.163 e. The van der Waals surface area contributed by atoms with Gasteiger partial charge in [-0.15, -0.1) is 0 Å². The minimum Gasteiger partial charge on any atom is -0.504 e. The third kappa shape index (κ3) is 7.10. The number of rotatable bonds is 14. The molecule has 0 radical (unpaired) electrons. The normalized spacial score (nSPS) is 18.4. The molecule has 0 saturated carbocycles. The number of nitrogens with two attached hydrogens (primary N) is 1. The number of aryl methyl sites for hydroxylation is 1. The third-order valence-corrected chi connectivity index (χ3v) is 7.90. The van der Waals surface area contributed by atoms with E-state index < -0.39 is 12.2 Å². The number of allylic oxidation sites excluding steroid dienone is 1. The number of hydrogen-bond acceptors (Lipinski definition) is 9. The molecule has 9 nitrogen and oxygen atoms in total. The van der Waals surface area contributed by atoms with Crippen LogP contribution in [0.5, 0.6) is 11.5 Å². The summed E-state index contributed by atoms with van der Waals surface area (Å²) in [5.74, 6) is 0.321. The number of benzene rings is 2. The van der Waals surface area contributed by atoms with Gasteiger partial charge in [0.1, 0.15) is 11.9 Å². The van der Waals surface area contributed by atoms with Crippen LogP contribution in [0.4, 0.5) is 0 Å². The molecule has 2 aromatic carbocycles. The first-order valence-corrected chi connectivity index (χ1v) is 14.7. The molecule has 0 aromatic heterocycles. The van der Waals surface area contributed by atoms with Gasteiger partial charge in [-0.05, 0) is 71.5 Å². The highest BCUT2D eigenvalue weighted by atomic mass is 16.5. The Morgan fingerprint density at radius 2 is 2.10 bits per heavy atom. The van der Waals surface area contributed by atoms with E-state index in [2.05, 4.69) is 28.7 Å². The summed E-state index contributed by atoms with van der Waals surface area (Å²) in [5, 5.41) is 33.5. The number of aliphatic hydroxyl groups excluding tert-OH is 2. The quantitative estimate of drug-likeness (QED) is 0.230. The number of Topliss-reactive ketones (excluding diaryl/α,β-unsaturated/α-hetero) is 1. The topological polar surface area (TPSA) is 141 Å². The Kier molecular flexibility index (Phi) is 9.41. The SMILES string of the molecule is CCCC(O)CC(O)CC(=O)CCc1ccc(O)c(OCN2C=C3C(Cc4cccc5c4C=CNC5N)=CN=C3C2)c1. The van der Waals surface area contributed by atoms with Crippen LogP contribution in [0.3, 0.4) is 0 Å². The zero-order chi connectivity index (χ0) is 29.6. The molecule has 6 N–H and O–H groups in total. The molecule has 3 unspecified atom stereocenters. The van der Waals surface area contributed by atoms with Gasteiger partial charge in [-0.25, -0.2) is 0 Å². The van der Waals surface area contributed by atoms with E-state index in [0.717, 1.165) is 46.4 Å². The average Bonchev–Trinajstić information content (AvgIpc) is 3.53. The Hall–Kier alpha value is -3.92. The van der Waals surface area contributed by atoms with Crippen LogP contribution < -0.4 is 15.8 Å². The second-order valence-electron chi connectivity index (χ2n) is 11.2. The molecule has 42 heavy (non-hydrogen) atoms. The van der Waals surface area contributed by atoms with Crippen LogP contribution in [0, 0.1) is 0 Å². The fraction of sp³-hybridized carbons (Fsp3) is 0.394. The van der Waals surface area contributed by atoms with Crippen molar-refractivity contribution in [2.75, 3.05) is 13.3 Å². The third-order valence-electron chi connectivity index (χ3n) is 7.90. The standard InChI is InChI=1S/C33H40N4O5/c1-2-4-24(38)15-26(40)16-25(39)9-7-21-8-10-31(41)32(13-21)42-20-37-18-29-23(17-36-30(29)19-37)14-22-5-3-6-28-27(22)11-12-35-33(28)34/h3,5-6,8,10-13,17-18,24,26,33,35,38,40-41H,2,4,7,9,14-16,19-20,34H2,1H3. The van der Waals surface area contributed by atoms with E-state index in [-0.39, 0.29) is 43.7 Å². The van der Waals surface area contributed by atoms with Crippen LogP contribution in [-0.2, 0) is 17.6 Å². The molecule has 9 heteroatoms. The van der Waals surface area contributed by atoms with Crippen molar-refractivity contribution in [3.8, 4) is 11.5 Å². The van der Waals surface area contributed by atoms with E-state index in [4.69, 9.17) is 10.5 Å². The summed E-state index contributed by atoms with van der Waals surface area (Å²) in [6, 6.07) is 11.3. The molecule has 0 fully saturated rings. The van der Waals surface area contributed by atoms with Gasteiger partial charge in [0.05, 0.1) is 24.5 Å². The minimum absolute atomic E-state index is 0.0281. The summed E-state index contributed by atoms with van der Waals surface area (Å²) in [5.41, 5.74) is 13.7. The number of nitrogens with one attached hydrogen (secondary N) is 1. The van der Waals surface area contributed by atoms with Gasteiger partial charge >= 0.3 is 0 Å². The Morgan fingerprint density at radius 3 is 2.93 bits per heavy atom. The first-order chi connectivity index (χ1) is 20.3. The van der Waals surface area contributed by atoms with Crippen molar-refractivity contribution in [3.05, 3.63) is 88.4 Å². The Bertz CT molecular complexity index is 1430. The molecule has 3 aliphatic heterocycles. The molecule has 5 rings (SSSR count). The molecule has 3 atom stereocenters. The van der Waals surface area contributed by atoms with Crippen LogP contribution in [0.2, 0.25) is 0 Å². The second kappa shape index (κ2) is 13.4. The molecule has 0 bridgehead atoms. The Balaban J connectivity index is 1.14. The van der Waals surface area contributed by atoms with Crippen molar-refractivity contribution >= 4 is 17.6 Å². The van der Waals surface area contributed by atoms with Gasteiger partial charge in [0.25, 0.3) is 0 Å². The summed E-state index contributed by atoms with van der Waals surface area (Å²) in [6.45, 7) is 2.82. The van der Waals surface area contributed by atoms with Crippen molar-refractivity contribution in [1.29, 1.82) is 0 Å². The molecule has 3 aliphatic rings. The number of carbonyl (C=O) groups excluding carboxylic acids is 1. The maximum absolute atomic E-state index is 12.4. The first-order valence-electron chi connectivity index (χ1n) is 14.7. The number of nitrogens with zero attached hydrogens (tertiary/aromatic N) is 2. The maximum Gasteiger partial charge on any atom is 0.163 e. The molecule has 0 saturated heterocycles. The Morgan fingerprint density at radius 1 is 1.24 bits per heavy atom. The number of aliphatic imine (C=N–C) groups is 1. The molecule has 0 aliphatic carbocycles. The summed E-state index contributed by atoms with van der Waals surface area (Å²) < 4.78 is 5.98. The number of carbonyl (C=O) groups is 1. The predicted octanol–water partition coefficient (Wildman–Crippen LogP) is 3.84. The summed E-state index contributed by atoms with van der Waals surface area (Å²) >= 11 is 0. The molecule has 3 heterocycles. The molecule has 222 valence electrons. The highest BCUT2D eigenvalue weighted by Crippen LogP contribution is 2.33. The van der Waals surface area contributed by atoms with E-state index in [9.17, 15) is 20.1 Å². The van der Waals surface area contributed by atoms with Gasteiger partial charge in [-0.3, -0.25) is 9.79 Å². The van der Waals surface area contributed by atoms with Gasteiger partial charge in [0, 0.05) is 37.2 Å². The number of ether oxygens (including phenoxy) is 1. The first kappa shape index (κ1) is 29.6. The maximum atomic E-state index is 12.4. The summed E-state index contributed by atoms with van der Waals surface area (Å²) in [6.07, 6.45) is 9.47. The summed E-state index contributed by atoms with van der Waals surface area (Å²) in [7, 11) is 0. The number of hydrogen-bond donors (Lipinski definition) is 5. The second-order valence-corrected chi connectivity index (χ2v) is 11.2. The fourth-order valence-electron chi connectivity index (χ4n) is 5.68. The zero-order valence-electron chi connectivity index (χ0n) is 24.0. The molecule has 0 amide bonds. The largest absolute Gasteiger partial charge is 0.504 e. The lowest BCUT2D eigenvalue weighted by molar-refractivity contribution is -0.121. The van der Waals surface area contributed by atoms with Crippen molar-refractivity contribution in [2.45, 2.75) is 70.2 Å². The lowest BCUT2D eigenvalue weighted by atomic mass is 9.91. The predicted molar refractivity (Wildman–Crippen MR) is 163 cm³/mol. The Labute approximate surface area is 246 Å². The van der Waals surface area contributed by atoms with Crippen LogP contribution >= 0.6 is 0 Å². The van der Waals surface area contributed by atoms with Gasteiger partial charge in [-0.2, -0.15) is 0 Å². The number of aliphatic hydroxyl groups is 2. The summed E-state index contributed by atoms with van der Waals surface area (Å²) in [4.78, 5) is 19.0. The van der Waals surface area contributed by atoms with E-state index in [1.165, 1.54) is 5.56 Å². The molecule has 0 spiro atoms. The van der Waals surface area contributed by atoms with Gasteiger partial charge in [-0.1, -0.05) is 37.6 Å². The van der Waals surface area contributed by atoms with Gasteiger partial charge in [0.15, 0.2) is 18.2 Å². The number of fused-ring (bicyclic) bond motifs is 2. The fourth-order valence-corrected chi connectivity index (χ4v) is 5.68. The lowest BCUT2D eigenvalue weighted by Crippen LogP contribution is -2.27. The zero-order valence-corrected chi connectivity index (χ0v) is 24.0. The monoisotopic (exact) mass is 572 g/mol. The van der Waals surface area contributed by atoms with Crippen molar-refractivity contribution in [2.24, 2.45) is 10.7 Å². The van der Waals surface area contributed by atoms with Crippen molar-refractivity contribution < 1.29 is 24.9 Å². The molecule has 2 aromatic rings. The number of phenolic OH excluding ortho intramolecular Hbond substituents is 1. The number of ketones is 1. The van der Waals surface area contributed by atoms with E-state index in [1.807, 2.05) is 36.4 Å². The average molecular weight is 573 g/mol. The van der Waals surface area contributed by atoms with E-state index in [0.29, 0.717) is 25.1 Å². The van der Waals surface area contributed by atoms with Crippen molar-refractivity contribution in [3.63, 3.8) is 0 Å². The minimum atomic E-state index is -0.836. The number of aromatic hydroxyl groups is 1. The van der Waals surface area contributed by atoms with E-state index >= 15 is 0 Å². The highest BCUT2D eigenvalue weighted by Gasteiger charge is 2.27. The van der Waals surface area contributed by atoms with Gasteiger partial charge < -0.3 is 36.0 Å². The molecular formula is C33H40N4O5. The van der Waals surface area contributed by atoms with Crippen LogP contribution in [0.1, 0.15) is 67.4 Å². The van der Waals surface area contributed by atoms with Crippen molar-refractivity contribution in [1.82, 2.24) is 10.2 Å². The van der Waals surface area contributed by atoms with Crippen LogP contribution in [0.25, 0.3) is 6.08 Å². The van der Waals surface area contributed by atoms with Crippen LogP contribution in [0.15, 0.2) is 71.1 Å². The van der Waals surface area contributed by atoms with Gasteiger partial charge in [0.2, 0.25) is 0 Å². The molecular weight excluding hydrogens is 532 g/mol. The number of phenols is 1. The van der Waals surface area contributed by atoms with E-state index in [1.54, 1.807) is 18.2 Å².